The summed E-state index contributed by atoms with van der Waals surface area (Å²) in [7, 11) is -3.37. The molecule has 1 unspecified atom stereocenters. The molecule has 1 saturated heterocycles. The molecule has 1 atom stereocenters. The molecule has 0 saturated carbocycles. The lowest BCUT2D eigenvalue weighted by molar-refractivity contribution is -0.384. The lowest BCUT2D eigenvalue weighted by atomic mass is 10.3. The van der Waals surface area contributed by atoms with Crippen molar-refractivity contribution in [2.45, 2.75) is 12.3 Å². The molecule has 0 N–H and O–H groups in total. The highest BCUT2D eigenvalue weighted by atomic mass is 35.5. The summed E-state index contributed by atoms with van der Waals surface area (Å²) in [6, 6.07) is 2.58. The fourth-order valence-electron chi connectivity index (χ4n) is 2.09. The van der Waals surface area contributed by atoms with Crippen molar-refractivity contribution < 1.29 is 13.3 Å². The van der Waals surface area contributed by atoms with Crippen molar-refractivity contribution in [2.75, 3.05) is 28.7 Å². The molecular formula is C11H14ClN3O4S2. The Morgan fingerprint density at radius 3 is 2.90 bits per heavy atom. The number of halogens is 1. The Hall–Kier alpha value is -1.06. The second-order valence-corrected chi connectivity index (χ2v) is 8.39. The minimum atomic E-state index is -3.37. The molecule has 1 aliphatic rings. The van der Waals surface area contributed by atoms with E-state index in [0.29, 0.717) is 18.1 Å². The van der Waals surface area contributed by atoms with E-state index in [1.165, 1.54) is 28.8 Å². The van der Waals surface area contributed by atoms with Crippen LogP contribution in [0.3, 0.4) is 0 Å². The largest absolute Gasteiger partial charge is 0.332 e. The molecule has 1 aliphatic heterocycles. The van der Waals surface area contributed by atoms with E-state index < -0.39 is 20.1 Å². The van der Waals surface area contributed by atoms with E-state index in [9.17, 15) is 18.5 Å². The van der Waals surface area contributed by atoms with Crippen molar-refractivity contribution in [3.63, 3.8) is 0 Å². The summed E-state index contributed by atoms with van der Waals surface area (Å²) in [5.41, 5.74) is -0.234. The molecule has 0 amide bonds. The Kier molecular flexibility index (Phi) is 4.95. The SMILES string of the molecule is CCS(=O)(=O)C1CSCCN1c1nc(Cl)ccc1[N+](=O)[O-]. The van der Waals surface area contributed by atoms with Crippen LogP contribution in [-0.2, 0) is 9.84 Å². The number of sulfone groups is 1. The number of nitrogens with zero attached hydrogens (tertiary/aromatic N) is 3. The third-order valence-corrected chi connectivity index (χ3v) is 6.69. The van der Waals surface area contributed by atoms with E-state index in [1.807, 2.05) is 0 Å². The smallest absolute Gasteiger partial charge is 0.311 e. The molecule has 2 heterocycles. The van der Waals surface area contributed by atoms with Gasteiger partial charge in [0.2, 0.25) is 5.82 Å². The Morgan fingerprint density at radius 1 is 1.57 bits per heavy atom. The van der Waals surface area contributed by atoms with Crippen LogP contribution in [0, 0.1) is 10.1 Å². The Labute approximate surface area is 131 Å². The first kappa shape index (κ1) is 16.3. The molecular weight excluding hydrogens is 338 g/mol. The summed E-state index contributed by atoms with van der Waals surface area (Å²) in [5.74, 6) is 1.04. The lowest BCUT2D eigenvalue weighted by Crippen LogP contribution is -2.48. The zero-order valence-electron chi connectivity index (χ0n) is 11.2. The minimum Gasteiger partial charge on any atom is -0.332 e. The first-order valence-electron chi connectivity index (χ1n) is 6.23. The molecule has 0 aromatic carbocycles. The van der Waals surface area contributed by atoms with Crippen molar-refractivity contribution in [3.8, 4) is 0 Å². The molecule has 21 heavy (non-hydrogen) atoms. The van der Waals surface area contributed by atoms with Gasteiger partial charge in [0.05, 0.1) is 4.92 Å². The Bertz CT molecular complexity index is 653. The van der Waals surface area contributed by atoms with Crippen LogP contribution in [-0.4, -0.2) is 47.5 Å². The van der Waals surface area contributed by atoms with Gasteiger partial charge < -0.3 is 4.90 Å². The molecule has 116 valence electrons. The maximum absolute atomic E-state index is 12.2. The van der Waals surface area contributed by atoms with Crippen LogP contribution in [0.25, 0.3) is 0 Å². The van der Waals surface area contributed by atoms with Crippen molar-refractivity contribution >= 4 is 44.7 Å². The fraction of sp³-hybridized carbons (Fsp3) is 0.545. The van der Waals surface area contributed by atoms with Crippen molar-refractivity contribution in [1.29, 1.82) is 0 Å². The van der Waals surface area contributed by atoms with Gasteiger partial charge in [0.15, 0.2) is 9.84 Å². The normalized spacial score (nSPS) is 19.5. The summed E-state index contributed by atoms with van der Waals surface area (Å²) in [5, 5.41) is 10.4. The number of pyridine rings is 1. The van der Waals surface area contributed by atoms with Gasteiger partial charge in [0, 0.05) is 29.9 Å². The second-order valence-electron chi connectivity index (χ2n) is 4.41. The second kappa shape index (κ2) is 6.37. The van der Waals surface area contributed by atoms with Gasteiger partial charge in [-0.1, -0.05) is 18.5 Å². The standard InChI is InChI=1S/C11H14ClN3O4S2/c1-2-21(18,19)10-7-20-6-5-14(10)11-8(15(16)17)3-4-9(12)13-11/h3-4,10H,2,5-7H2,1H3. The van der Waals surface area contributed by atoms with E-state index in [-0.39, 0.29) is 22.4 Å². The van der Waals surface area contributed by atoms with Crippen molar-refractivity contribution in [3.05, 3.63) is 27.4 Å². The number of aromatic nitrogens is 1. The Morgan fingerprint density at radius 2 is 2.29 bits per heavy atom. The maximum Gasteiger partial charge on any atom is 0.311 e. The third kappa shape index (κ3) is 3.41. The van der Waals surface area contributed by atoms with Crippen molar-refractivity contribution in [2.24, 2.45) is 0 Å². The quantitative estimate of drug-likeness (QED) is 0.465. The van der Waals surface area contributed by atoms with E-state index >= 15 is 0 Å². The predicted octanol–water partition coefficient (Wildman–Crippen LogP) is 1.96. The molecule has 10 heteroatoms. The Balaban J connectivity index is 2.52. The number of nitro groups is 1. The number of thioether (sulfide) groups is 1. The zero-order valence-corrected chi connectivity index (χ0v) is 13.6. The number of rotatable bonds is 4. The molecule has 0 radical (unpaired) electrons. The van der Waals surface area contributed by atoms with E-state index in [1.54, 1.807) is 6.92 Å². The van der Waals surface area contributed by atoms with E-state index in [4.69, 9.17) is 11.6 Å². The highest BCUT2D eigenvalue weighted by Gasteiger charge is 2.36. The average molecular weight is 352 g/mol. The minimum absolute atomic E-state index is 0.0230. The highest BCUT2D eigenvalue weighted by molar-refractivity contribution is 8.01. The molecule has 2 rings (SSSR count). The molecule has 1 aromatic rings. The van der Waals surface area contributed by atoms with Crippen molar-refractivity contribution in [1.82, 2.24) is 4.98 Å². The molecule has 1 aromatic heterocycles. The predicted molar refractivity (Wildman–Crippen MR) is 83.8 cm³/mol. The molecule has 1 fully saturated rings. The van der Waals surface area contributed by atoms with Gasteiger partial charge in [-0.25, -0.2) is 13.4 Å². The molecule has 0 aliphatic carbocycles. The molecule has 0 bridgehead atoms. The number of anilines is 1. The summed E-state index contributed by atoms with van der Waals surface area (Å²) in [4.78, 5) is 16.0. The lowest BCUT2D eigenvalue weighted by Gasteiger charge is -2.35. The first-order valence-corrected chi connectivity index (χ1v) is 9.48. The van der Waals surface area contributed by atoms with Crippen LogP contribution in [0.1, 0.15) is 6.92 Å². The van der Waals surface area contributed by atoms with E-state index in [0.717, 1.165) is 0 Å². The summed E-state index contributed by atoms with van der Waals surface area (Å²) in [6.07, 6.45) is 0. The maximum atomic E-state index is 12.2. The van der Waals surface area contributed by atoms with Gasteiger partial charge in [0.1, 0.15) is 10.5 Å². The first-order chi connectivity index (χ1) is 9.86. The third-order valence-electron chi connectivity index (χ3n) is 3.19. The van der Waals surface area contributed by atoms with Crippen LogP contribution in [0.15, 0.2) is 12.1 Å². The van der Waals surface area contributed by atoms with Gasteiger partial charge in [0.25, 0.3) is 0 Å². The fourth-order valence-corrected chi connectivity index (χ4v) is 5.20. The van der Waals surface area contributed by atoms with Crippen LogP contribution < -0.4 is 4.90 Å². The van der Waals surface area contributed by atoms with Gasteiger partial charge in [-0.05, 0) is 6.07 Å². The van der Waals surface area contributed by atoms with Crippen LogP contribution in [0.5, 0.6) is 0 Å². The summed E-state index contributed by atoms with van der Waals surface area (Å²) >= 11 is 7.33. The van der Waals surface area contributed by atoms with Gasteiger partial charge >= 0.3 is 5.69 Å². The van der Waals surface area contributed by atoms with Gasteiger partial charge in [-0.2, -0.15) is 11.8 Å². The zero-order chi connectivity index (χ0) is 15.6. The molecule has 7 nitrogen and oxygen atoms in total. The summed E-state index contributed by atoms with van der Waals surface area (Å²) < 4.78 is 24.4. The highest BCUT2D eigenvalue weighted by Crippen LogP contribution is 2.33. The van der Waals surface area contributed by atoms with Crippen LogP contribution in [0.2, 0.25) is 5.15 Å². The van der Waals surface area contributed by atoms with Crippen LogP contribution >= 0.6 is 23.4 Å². The monoisotopic (exact) mass is 351 g/mol. The number of hydrogen-bond donors (Lipinski definition) is 0. The van der Waals surface area contributed by atoms with Gasteiger partial charge in [-0.15, -0.1) is 0 Å². The average Bonchev–Trinajstić information content (AvgIpc) is 2.46. The van der Waals surface area contributed by atoms with Gasteiger partial charge in [-0.3, -0.25) is 10.1 Å². The molecule has 0 spiro atoms. The van der Waals surface area contributed by atoms with E-state index in [2.05, 4.69) is 4.98 Å². The number of hydrogen-bond acceptors (Lipinski definition) is 7. The topological polar surface area (TPSA) is 93.4 Å². The summed E-state index contributed by atoms with van der Waals surface area (Å²) in [6.45, 7) is 1.94. The van der Waals surface area contributed by atoms with Crippen LogP contribution in [0.4, 0.5) is 11.5 Å².